The molecule has 0 N–H and O–H groups in total. The number of nitrogens with zero attached hydrogens (tertiary/aromatic N) is 1. The van der Waals surface area contributed by atoms with Gasteiger partial charge in [0.2, 0.25) is 12.3 Å². The van der Waals surface area contributed by atoms with Crippen molar-refractivity contribution < 1.29 is 9.36 Å². The number of carbonyl (C=O) groups excluding carboxylic acids is 1. The zero-order valence-corrected chi connectivity index (χ0v) is 15.3. The summed E-state index contributed by atoms with van der Waals surface area (Å²) in [5.41, 5.74) is 4.32. The van der Waals surface area contributed by atoms with Gasteiger partial charge in [0.1, 0.15) is 0 Å². The molecule has 0 unspecified atom stereocenters. The molecule has 0 amide bonds. The quantitative estimate of drug-likeness (QED) is 0.551. The van der Waals surface area contributed by atoms with Gasteiger partial charge < -0.3 is 0 Å². The molecule has 2 rings (SSSR count). The Morgan fingerprint density at radius 3 is 2.59 bits per heavy atom. The molecule has 2 aromatic rings. The van der Waals surface area contributed by atoms with Gasteiger partial charge in [-0.1, -0.05) is 43.2 Å². The average molecular weight is 363 g/mol. The van der Waals surface area contributed by atoms with Gasteiger partial charge in [-0.25, -0.2) is 0 Å². The van der Waals surface area contributed by atoms with E-state index < -0.39 is 0 Å². The zero-order valence-electron chi connectivity index (χ0n) is 13.6. The molecule has 118 valence electrons. The Kier molecular flexibility index (Phi) is 7.46. The number of Topliss-reactive ketones (excluding diaryl/α,β-unsaturated/α-hetero) is 1. The molecule has 0 radical (unpaired) electrons. The van der Waals surface area contributed by atoms with Crippen LogP contribution in [0.4, 0.5) is 0 Å². The number of hydrogen-bond acceptors (Lipinski definition) is 1. The van der Waals surface area contributed by atoms with Crippen LogP contribution in [0.15, 0.2) is 42.6 Å². The fourth-order valence-corrected chi connectivity index (χ4v) is 2.62. The Hall–Kier alpha value is -1.48. The monoisotopic (exact) mass is 362 g/mol. The van der Waals surface area contributed by atoms with E-state index in [2.05, 4.69) is 30.5 Å². The minimum absolute atomic E-state index is 0. The highest BCUT2D eigenvalue weighted by atomic mass is 79.9. The van der Waals surface area contributed by atoms with Gasteiger partial charge in [-0.05, 0) is 25.8 Å². The third kappa shape index (κ3) is 4.77. The summed E-state index contributed by atoms with van der Waals surface area (Å²) in [5.74, 6) is 0.182. The van der Waals surface area contributed by atoms with Crippen LogP contribution >= 0.6 is 17.0 Å². The molecule has 0 saturated carbocycles. The number of aryl methyl sites for hydroxylation is 3. The van der Waals surface area contributed by atoms with Gasteiger partial charge in [0.05, 0.1) is 0 Å². The minimum Gasteiger partial charge on any atom is -0.287 e. The van der Waals surface area contributed by atoms with Gasteiger partial charge in [0.15, 0.2) is 11.9 Å². The van der Waals surface area contributed by atoms with Crippen LogP contribution < -0.4 is 4.57 Å². The van der Waals surface area contributed by atoms with Crippen molar-refractivity contribution in [3.63, 3.8) is 0 Å². The lowest BCUT2D eigenvalue weighted by Crippen LogP contribution is -2.41. The lowest BCUT2D eigenvalue weighted by atomic mass is 10.0. The number of hydrogen-bond donors (Lipinski definition) is 0. The molecule has 2 nitrogen and oxygen atoms in total. The second-order valence-corrected chi connectivity index (χ2v) is 5.66. The van der Waals surface area contributed by atoms with Gasteiger partial charge in [-0.3, -0.25) is 4.79 Å². The van der Waals surface area contributed by atoms with E-state index in [1.807, 2.05) is 37.4 Å². The molecule has 0 aliphatic heterocycles. The first-order valence-corrected chi connectivity index (χ1v) is 7.69. The Bertz CT molecular complexity index is 637. The predicted molar refractivity (Wildman–Crippen MR) is 95.8 cm³/mol. The first-order chi connectivity index (χ1) is 10.1. The van der Waals surface area contributed by atoms with Crippen molar-refractivity contribution in [2.45, 2.75) is 46.6 Å². The number of aromatic nitrogens is 1. The van der Waals surface area contributed by atoms with Crippen molar-refractivity contribution in [2.75, 3.05) is 0 Å². The molecule has 0 saturated heterocycles. The summed E-state index contributed by atoms with van der Waals surface area (Å²) in [6.45, 7) is 6.67. The lowest BCUT2D eigenvalue weighted by molar-refractivity contribution is -0.690. The van der Waals surface area contributed by atoms with Crippen molar-refractivity contribution in [3.8, 4) is 0 Å². The van der Waals surface area contributed by atoms with E-state index in [0.717, 1.165) is 24.0 Å². The van der Waals surface area contributed by atoms with Crippen LogP contribution in [0, 0.1) is 13.8 Å². The molecular weight excluding hydrogens is 338 g/mol. The topological polar surface area (TPSA) is 20.9 Å². The summed E-state index contributed by atoms with van der Waals surface area (Å²) in [7, 11) is 0. The number of rotatable bonds is 6. The van der Waals surface area contributed by atoms with Gasteiger partial charge >= 0.3 is 0 Å². The molecule has 1 heterocycles. The predicted octanol–water partition coefficient (Wildman–Crippen LogP) is 4.39. The number of pyridine rings is 1. The number of carbonyl (C=O) groups is 1. The van der Waals surface area contributed by atoms with E-state index in [0.29, 0.717) is 6.54 Å². The summed E-state index contributed by atoms with van der Waals surface area (Å²) in [5, 5.41) is 0. The molecule has 1 aromatic heterocycles. The van der Waals surface area contributed by atoms with Crippen molar-refractivity contribution in [1.29, 1.82) is 0 Å². The molecule has 1 aromatic carbocycles. The van der Waals surface area contributed by atoms with Crippen LogP contribution in [0.3, 0.4) is 0 Å². The average Bonchev–Trinajstić information content (AvgIpc) is 2.46. The van der Waals surface area contributed by atoms with Crippen LogP contribution in [0.25, 0.3) is 0 Å². The number of ketones is 1. The molecule has 0 aliphatic rings. The Labute approximate surface area is 144 Å². The SMILES string of the molecule is Br.CCCCc1cccc[n+]1CC(=O)c1ccc(C)cc1C. The molecule has 22 heavy (non-hydrogen) atoms. The van der Waals surface area contributed by atoms with Gasteiger partial charge in [-0.15, -0.1) is 17.0 Å². The summed E-state index contributed by atoms with van der Waals surface area (Å²) < 4.78 is 2.08. The first kappa shape index (κ1) is 18.6. The number of halogens is 1. The van der Waals surface area contributed by atoms with Crippen LogP contribution in [0.5, 0.6) is 0 Å². The summed E-state index contributed by atoms with van der Waals surface area (Å²) in [6.07, 6.45) is 5.35. The fraction of sp³-hybridized carbons (Fsp3) is 0.368. The van der Waals surface area contributed by atoms with E-state index in [9.17, 15) is 4.79 Å². The molecular formula is C19H25BrNO+. The molecule has 0 atom stereocenters. The molecule has 3 heteroatoms. The maximum Gasteiger partial charge on any atom is 0.227 e. The van der Waals surface area contributed by atoms with E-state index >= 15 is 0 Å². The second-order valence-electron chi connectivity index (χ2n) is 5.66. The highest BCUT2D eigenvalue weighted by Gasteiger charge is 2.17. The molecule has 0 bridgehead atoms. The maximum absolute atomic E-state index is 12.6. The van der Waals surface area contributed by atoms with Crippen LogP contribution in [0.1, 0.15) is 46.9 Å². The third-order valence-corrected chi connectivity index (χ3v) is 3.82. The molecule has 0 spiro atoms. The maximum atomic E-state index is 12.6. The Morgan fingerprint density at radius 2 is 1.91 bits per heavy atom. The van der Waals surface area contributed by atoms with E-state index in [4.69, 9.17) is 0 Å². The smallest absolute Gasteiger partial charge is 0.227 e. The Morgan fingerprint density at radius 1 is 1.14 bits per heavy atom. The van der Waals surface area contributed by atoms with Gasteiger partial charge in [0, 0.05) is 24.1 Å². The number of unbranched alkanes of at least 4 members (excludes halogenated alkanes) is 1. The summed E-state index contributed by atoms with van der Waals surface area (Å²) >= 11 is 0. The van der Waals surface area contributed by atoms with Crippen molar-refractivity contribution >= 4 is 22.8 Å². The Balaban J connectivity index is 0.00000242. The lowest BCUT2D eigenvalue weighted by Gasteiger charge is -2.06. The number of benzene rings is 1. The first-order valence-electron chi connectivity index (χ1n) is 7.69. The second kappa shape index (κ2) is 8.84. The highest BCUT2D eigenvalue weighted by Crippen LogP contribution is 2.11. The summed E-state index contributed by atoms with van der Waals surface area (Å²) in [6, 6.07) is 12.2. The van der Waals surface area contributed by atoms with Gasteiger partial charge in [-0.2, -0.15) is 4.57 Å². The van der Waals surface area contributed by atoms with Crippen LogP contribution in [0.2, 0.25) is 0 Å². The zero-order chi connectivity index (χ0) is 15.2. The third-order valence-electron chi connectivity index (χ3n) is 3.82. The van der Waals surface area contributed by atoms with E-state index in [-0.39, 0.29) is 22.8 Å². The standard InChI is InChI=1S/C19H24NO.BrH/c1-4-5-8-17-9-6-7-12-20(17)14-19(21)18-11-10-15(2)13-16(18)3;/h6-7,9-13H,4-5,8,14H2,1-3H3;1H/q+1;. The summed E-state index contributed by atoms with van der Waals surface area (Å²) in [4.78, 5) is 12.6. The molecule has 0 fully saturated rings. The highest BCUT2D eigenvalue weighted by molar-refractivity contribution is 8.93. The van der Waals surface area contributed by atoms with Gasteiger partial charge in [0.25, 0.3) is 0 Å². The largest absolute Gasteiger partial charge is 0.287 e. The van der Waals surface area contributed by atoms with E-state index in [1.54, 1.807) is 0 Å². The normalized spacial score (nSPS) is 10.1. The van der Waals surface area contributed by atoms with Crippen LogP contribution in [-0.2, 0) is 13.0 Å². The van der Waals surface area contributed by atoms with Crippen molar-refractivity contribution in [3.05, 3.63) is 65.0 Å². The fourth-order valence-electron chi connectivity index (χ4n) is 2.62. The van der Waals surface area contributed by atoms with Crippen molar-refractivity contribution in [1.82, 2.24) is 0 Å². The minimum atomic E-state index is 0. The molecule has 0 aliphatic carbocycles. The van der Waals surface area contributed by atoms with E-state index in [1.165, 1.54) is 17.7 Å². The van der Waals surface area contributed by atoms with Crippen molar-refractivity contribution in [2.24, 2.45) is 0 Å². The van der Waals surface area contributed by atoms with Crippen LogP contribution in [-0.4, -0.2) is 5.78 Å².